The third kappa shape index (κ3) is 2.19. The third-order valence-corrected chi connectivity index (χ3v) is 2.19. The highest BCUT2D eigenvalue weighted by molar-refractivity contribution is 5.73. The second kappa shape index (κ2) is 4.42. The molecule has 1 rings (SSSR count). The number of esters is 1. The van der Waals surface area contributed by atoms with E-state index < -0.39 is 6.10 Å². The zero-order chi connectivity index (χ0) is 8.97. The Kier molecular flexibility index (Phi) is 3.49. The standard InChI is InChI=1S/C8H15NO3/c1-12-8(11)6-3-2-4-9-5-7(6)10/h6-7,9-10H,2-5H2,1H3. The van der Waals surface area contributed by atoms with E-state index >= 15 is 0 Å². The summed E-state index contributed by atoms with van der Waals surface area (Å²) in [5, 5.41) is 12.5. The number of β-amino-alcohol motifs (C(OH)–C–C–N with tert-alkyl or cyclic N) is 1. The molecule has 0 aromatic heterocycles. The van der Waals surface area contributed by atoms with Gasteiger partial charge in [-0.05, 0) is 19.4 Å². The summed E-state index contributed by atoms with van der Waals surface area (Å²) in [4.78, 5) is 11.1. The highest BCUT2D eigenvalue weighted by Crippen LogP contribution is 2.15. The van der Waals surface area contributed by atoms with Crippen molar-refractivity contribution < 1.29 is 14.6 Å². The summed E-state index contributed by atoms with van der Waals surface area (Å²) in [6, 6.07) is 0. The van der Waals surface area contributed by atoms with Crippen LogP contribution in [0.1, 0.15) is 12.8 Å². The van der Waals surface area contributed by atoms with Crippen molar-refractivity contribution in [2.75, 3.05) is 20.2 Å². The Morgan fingerprint density at radius 3 is 3.08 bits per heavy atom. The average molecular weight is 173 g/mol. The van der Waals surface area contributed by atoms with Crippen molar-refractivity contribution in [3.05, 3.63) is 0 Å². The summed E-state index contributed by atoms with van der Waals surface area (Å²) in [5.41, 5.74) is 0. The van der Waals surface area contributed by atoms with Gasteiger partial charge in [0.05, 0.1) is 19.1 Å². The number of nitrogens with one attached hydrogen (secondary N) is 1. The lowest BCUT2D eigenvalue weighted by atomic mass is 9.98. The molecule has 4 nitrogen and oxygen atoms in total. The number of aliphatic hydroxyl groups excluding tert-OH is 1. The summed E-state index contributed by atoms with van der Waals surface area (Å²) in [5.74, 6) is -0.642. The fourth-order valence-corrected chi connectivity index (χ4v) is 1.46. The first kappa shape index (κ1) is 9.48. The van der Waals surface area contributed by atoms with Crippen LogP contribution >= 0.6 is 0 Å². The number of hydrogen-bond acceptors (Lipinski definition) is 4. The highest BCUT2D eigenvalue weighted by atomic mass is 16.5. The van der Waals surface area contributed by atoms with Crippen LogP contribution in [0.3, 0.4) is 0 Å². The molecular weight excluding hydrogens is 158 g/mol. The Morgan fingerprint density at radius 2 is 2.42 bits per heavy atom. The summed E-state index contributed by atoms with van der Waals surface area (Å²) in [6.45, 7) is 1.35. The van der Waals surface area contributed by atoms with Gasteiger partial charge < -0.3 is 15.2 Å². The molecule has 1 aliphatic rings. The van der Waals surface area contributed by atoms with Crippen molar-refractivity contribution in [1.29, 1.82) is 0 Å². The number of rotatable bonds is 1. The van der Waals surface area contributed by atoms with E-state index in [0.717, 1.165) is 13.0 Å². The van der Waals surface area contributed by atoms with Gasteiger partial charge in [-0.15, -0.1) is 0 Å². The maximum Gasteiger partial charge on any atom is 0.311 e. The largest absolute Gasteiger partial charge is 0.469 e. The van der Waals surface area contributed by atoms with Crippen LogP contribution in [0.4, 0.5) is 0 Å². The molecule has 70 valence electrons. The topological polar surface area (TPSA) is 58.6 Å². The highest BCUT2D eigenvalue weighted by Gasteiger charge is 2.28. The maximum atomic E-state index is 11.1. The molecule has 1 saturated heterocycles. The summed E-state index contributed by atoms with van der Waals surface area (Å²) in [6.07, 6.45) is 1.03. The van der Waals surface area contributed by atoms with Gasteiger partial charge in [0.1, 0.15) is 0 Å². The molecule has 2 unspecified atom stereocenters. The second-order valence-electron chi connectivity index (χ2n) is 3.04. The van der Waals surface area contributed by atoms with Crippen LogP contribution in [0.15, 0.2) is 0 Å². The molecule has 0 spiro atoms. The molecule has 0 bridgehead atoms. The van der Waals surface area contributed by atoms with Crippen LogP contribution in [-0.2, 0) is 9.53 Å². The molecule has 0 radical (unpaired) electrons. The number of hydrogen-bond donors (Lipinski definition) is 2. The minimum absolute atomic E-state index is 0.300. The fourth-order valence-electron chi connectivity index (χ4n) is 1.46. The molecule has 0 aromatic carbocycles. The molecule has 0 saturated carbocycles. The molecular formula is C8H15NO3. The first-order valence-corrected chi connectivity index (χ1v) is 4.22. The second-order valence-corrected chi connectivity index (χ2v) is 3.04. The number of carbonyl (C=O) groups excluding carboxylic acids is 1. The van der Waals surface area contributed by atoms with Gasteiger partial charge in [-0.25, -0.2) is 0 Å². The molecule has 4 heteroatoms. The van der Waals surface area contributed by atoms with Crippen molar-refractivity contribution in [1.82, 2.24) is 5.32 Å². The fraction of sp³-hybridized carbons (Fsp3) is 0.875. The number of methoxy groups -OCH3 is 1. The smallest absolute Gasteiger partial charge is 0.311 e. The van der Waals surface area contributed by atoms with Crippen molar-refractivity contribution in [3.63, 3.8) is 0 Å². The van der Waals surface area contributed by atoms with Gasteiger partial charge in [0, 0.05) is 6.54 Å². The zero-order valence-corrected chi connectivity index (χ0v) is 7.25. The van der Waals surface area contributed by atoms with E-state index in [1.54, 1.807) is 0 Å². The average Bonchev–Trinajstić information content (AvgIpc) is 2.28. The van der Waals surface area contributed by atoms with Crippen LogP contribution in [0.25, 0.3) is 0 Å². The number of carbonyl (C=O) groups is 1. The SMILES string of the molecule is COC(=O)C1CCCNCC1O. The molecule has 12 heavy (non-hydrogen) atoms. The van der Waals surface area contributed by atoms with E-state index in [1.807, 2.05) is 0 Å². The van der Waals surface area contributed by atoms with Crippen molar-refractivity contribution in [2.24, 2.45) is 5.92 Å². The molecule has 1 aliphatic heterocycles. The first-order chi connectivity index (χ1) is 5.75. The Labute approximate surface area is 71.9 Å². The molecule has 0 aliphatic carbocycles. The van der Waals surface area contributed by atoms with E-state index in [1.165, 1.54) is 7.11 Å². The number of aliphatic hydroxyl groups is 1. The van der Waals surface area contributed by atoms with Gasteiger partial charge in [0.25, 0.3) is 0 Å². The Bertz CT molecular complexity index is 160. The van der Waals surface area contributed by atoms with Crippen molar-refractivity contribution in [3.8, 4) is 0 Å². The Morgan fingerprint density at radius 1 is 1.67 bits per heavy atom. The monoisotopic (exact) mass is 173 g/mol. The van der Waals surface area contributed by atoms with Gasteiger partial charge in [-0.2, -0.15) is 0 Å². The molecule has 1 heterocycles. The minimum atomic E-state index is -0.597. The normalized spacial score (nSPS) is 30.8. The van der Waals surface area contributed by atoms with E-state index in [2.05, 4.69) is 10.1 Å². The van der Waals surface area contributed by atoms with Gasteiger partial charge in [-0.1, -0.05) is 0 Å². The summed E-state index contributed by atoms with van der Waals surface area (Å²) < 4.78 is 4.59. The van der Waals surface area contributed by atoms with E-state index in [-0.39, 0.29) is 11.9 Å². The Hall–Kier alpha value is -0.610. The lowest BCUT2D eigenvalue weighted by molar-refractivity contribution is -0.149. The van der Waals surface area contributed by atoms with Gasteiger partial charge in [-0.3, -0.25) is 4.79 Å². The van der Waals surface area contributed by atoms with Gasteiger partial charge in [0.15, 0.2) is 0 Å². The molecule has 0 amide bonds. The Balaban J connectivity index is 2.52. The van der Waals surface area contributed by atoms with Crippen molar-refractivity contribution >= 4 is 5.97 Å². The molecule has 0 aromatic rings. The van der Waals surface area contributed by atoms with Gasteiger partial charge >= 0.3 is 5.97 Å². The minimum Gasteiger partial charge on any atom is -0.469 e. The van der Waals surface area contributed by atoms with Crippen LogP contribution < -0.4 is 5.32 Å². The predicted molar refractivity (Wildman–Crippen MR) is 43.6 cm³/mol. The zero-order valence-electron chi connectivity index (χ0n) is 7.25. The summed E-state index contributed by atoms with van der Waals surface area (Å²) in [7, 11) is 1.35. The quantitative estimate of drug-likeness (QED) is 0.526. The van der Waals surface area contributed by atoms with E-state index in [9.17, 15) is 9.90 Å². The van der Waals surface area contributed by atoms with Crippen LogP contribution in [0.5, 0.6) is 0 Å². The van der Waals surface area contributed by atoms with Crippen LogP contribution in [-0.4, -0.2) is 37.4 Å². The maximum absolute atomic E-state index is 11.1. The third-order valence-electron chi connectivity index (χ3n) is 2.19. The molecule has 2 atom stereocenters. The lowest BCUT2D eigenvalue weighted by Gasteiger charge is -2.16. The van der Waals surface area contributed by atoms with E-state index in [0.29, 0.717) is 13.0 Å². The molecule has 1 fully saturated rings. The number of ether oxygens (including phenoxy) is 1. The van der Waals surface area contributed by atoms with E-state index in [4.69, 9.17) is 0 Å². The summed E-state index contributed by atoms with van der Waals surface area (Å²) >= 11 is 0. The van der Waals surface area contributed by atoms with Gasteiger partial charge in [0.2, 0.25) is 0 Å². The first-order valence-electron chi connectivity index (χ1n) is 4.22. The van der Waals surface area contributed by atoms with Crippen molar-refractivity contribution in [2.45, 2.75) is 18.9 Å². The van der Waals surface area contributed by atoms with Crippen LogP contribution in [0.2, 0.25) is 0 Å². The lowest BCUT2D eigenvalue weighted by Crippen LogP contribution is -2.34. The predicted octanol–water partition coefficient (Wildman–Crippen LogP) is -0.480. The van der Waals surface area contributed by atoms with Crippen LogP contribution in [0, 0.1) is 5.92 Å². The molecule has 2 N–H and O–H groups in total.